The van der Waals surface area contributed by atoms with Gasteiger partial charge in [0.2, 0.25) is 12.7 Å². The Morgan fingerprint density at radius 3 is 2.49 bits per heavy atom. The lowest BCUT2D eigenvalue weighted by Crippen LogP contribution is -2.68. The van der Waals surface area contributed by atoms with Gasteiger partial charge in [-0.2, -0.15) is 5.26 Å². The second-order valence-electron chi connectivity index (χ2n) is 13.5. The van der Waals surface area contributed by atoms with E-state index in [1.807, 2.05) is 14.0 Å². The lowest BCUT2D eigenvalue weighted by atomic mass is 9.71. The van der Waals surface area contributed by atoms with Crippen LogP contribution < -0.4 is 29.0 Å². The number of aromatic hydroxyl groups is 1. The van der Waals surface area contributed by atoms with Crippen LogP contribution in [0.5, 0.6) is 34.5 Å². The maximum atomic E-state index is 13.5. The van der Waals surface area contributed by atoms with Gasteiger partial charge < -0.3 is 38.8 Å². The van der Waals surface area contributed by atoms with Crippen molar-refractivity contribution in [2.45, 2.75) is 70.2 Å². The Hall–Kier alpha value is -5.03. The monoisotopic (exact) mass is 698 g/mol. The van der Waals surface area contributed by atoms with E-state index in [-0.39, 0.29) is 56.3 Å². The number of fused-ring (bicyclic) bond motifs is 9. The van der Waals surface area contributed by atoms with E-state index >= 15 is 0 Å². The molecule has 13 nitrogen and oxygen atoms in total. The highest BCUT2D eigenvalue weighted by atomic mass is 16.7. The van der Waals surface area contributed by atoms with E-state index in [9.17, 15) is 20.0 Å². The van der Waals surface area contributed by atoms with Gasteiger partial charge in [0.15, 0.2) is 29.8 Å². The second-order valence-corrected chi connectivity index (χ2v) is 13.5. The molecule has 0 spiro atoms. The van der Waals surface area contributed by atoms with Crippen LogP contribution in [0.1, 0.15) is 58.0 Å². The Labute approximate surface area is 296 Å². The van der Waals surface area contributed by atoms with Gasteiger partial charge in [0.1, 0.15) is 17.5 Å². The highest BCUT2D eigenvalue weighted by Crippen LogP contribution is 2.58. The summed E-state index contributed by atoms with van der Waals surface area (Å²) in [6.07, 6.45) is 1.07. The summed E-state index contributed by atoms with van der Waals surface area (Å²) >= 11 is 0. The Bertz CT molecular complexity index is 1920. The third-order valence-corrected chi connectivity index (χ3v) is 10.6. The van der Waals surface area contributed by atoms with Gasteiger partial charge in [-0.1, -0.05) is 18.2 Å². The van der Waals surface area contributed by atoms with Crippen LogP contribution in [0.4, 0.5) is 0 Å². The topological polar surface area (TPSA) is 152 Å². The first-order valence-corrected chi connectivity index (χ1v) is 17.0. The first kappa shape index (κ1) is 34.4. The molecule has 0 radical (unpaired) electrons. The molecule has 3 aromatic carbocycles. The number of carbonyl (C=O) groups excluding carboxylic acids is 2. The van der Waals surface area contributed by atoms with Crippen molar-refractivity contribution in [3.8, 4) is 40.6 Å². The molecule has 51 heavy (non-hydrogen) atoms. The van der Waals surface area contributed by atoms with Crippen molar-refractivity contribution in [2.75, 3.05) is 41.4 Å². The standard InChI is InChI=1S/C38H42N4O9/c1-19-11-23-13-26-28(15-39)42-27(33(41(26)4)31(23)37(35(19)47-6)48-17-46-5)14-25-32(38-36(49-18-50-38)20(2)34(25)45)29(42)16-40-30(44)12-22-7-9-24(10-8-22)51-21(3)43/h7-11,26-29,33,45H,12-14,16-18H2,1-6H3,(H,40,44)/t26?,27-,28-,29-,33-/m0/s1. The van der Waals surface area contributed by atoms with Crippen LogP contribution in [0.25, 0.3) is 0 Å². The number of nitrogens with zero attached hydrogens (tertiary/aromatic N) is 3. The van der Waals surface area contributed by atoms with Crippen LogP contribution in [0.2, 0.25) is 0 Å². The van der Waals surface area contributed by atoms with Crippen molar-refractivity contribution >= 4 is 11.9 Å². The van der Waals surface area contributed by atoms with Crippen molar-refractivity contribution < 1.29 is 43.1 Å². The van der Waals surface area contributed by atoms with E-state index in [2.05, 4.69) is 27.3 Å². The molecule has 1 saturated heterocycles. The van der Waals surface area contributed by atoms with Gasteiger partial charge in [-0.25, -0.2) is 0 Å². The number of amides is 1. The van der Waals surface area contributed by atoms with Gasteiger partial charge in [0, 0.05) is 54.9 Å². The number of methoxy groups -OCH3 is 2. The minimum Gasteiger partial charge on any atom is -0.507 e. The third kappa shape index (κ3) is 5.77. The van der Waals surface area contributed by atoms with Crippen LogP contribution in [-0.4, -0.2) is 86.3 Å². The number of nitriles is 1. The first-order chi connectivity index (χ1) is 24.6. The maximum Gasteiger partial charge on any atom is 0.308 e. The molecule has 4 aliphatic heterocycles. The minimum absolute atomic E-state index is 0.000296. The fourth-order valence-corrected chi connectivity index (χ4v) is 8.58. The number of hydrogen-bond donors (Lipinski definition) is 2. The summed E-state index contributed by atoms with van der Waals surface area (Å²) in [5, 5.41) is 25.8. The number of phenolic OH excluding ortho intramolecular Hbond substituents is 1. The number of benzene rings is 3. The number of ether oxygens (including phenoxy) is 6. The SMILES string of the molecule is COCOc1c(OC)c(C)cc2c1[C@@H]1[C@@H]3Cc4c(O)c(C)c5c(c4[C@H](CNC(=O)Cc4ccc(OC(C)=O)cc4)N3[C@@H](C#N)C(C2)N1C)OCO5. The summed E-state index contributed by atoms with van der Waals surface area (Å²) < 4.78 is 34.5. The zero-order valence-electron chi connectivity index (χ0n) is 29.6. The Kier molecular flexibility index (Phi) is 9.18. The molecule has 2 N–H and O–H groups in total. The molecule has 1 amide bonds. The highest BCUT2D eigenvalue weighted by molar-refractivity contribution is 5.79. The summed E-state index contributed by atoms with van der Waals surface area (Å²) in [6.45, 7) is 5.28. The number of esters is 1. The van der Waals surface area contributed by atoms with Gasteiger partial charge in [-0.3, -0.25) is 19.4 Å². The van der Waals surface area contributed by atoms with E-state index in [4.69, 9.17) is 28.4 Å². The summed E-state index contributed by atoms with van der Waals surface area (Å²) in [5.74, 6) is 2.08. The first-order valence-electron chi connectivity index (χ1n) is 17.0. The Morgan fingerprint density at radius 1 is 1.06 bits per heavy atom. The van der Waals surface area contributed by atoms with Gasteiger partial charge in [0.25, 0.3) is 0 Å². The maximum absolute atomic E-state index is 13.5. The zero-order chi connectivity index (χ0) is 36.1. The average molecular weight is 699 g/mol. The van der Waals surface area contributed by atoms with Crippen molar-refractivity contribution in [1.29, 1.82) is 5.26 Å². The predicted molar refractivity (Wildman–Crippen MR) is 183 cm³/mol. The van der Waals surface area contributed by atoms with E-state index in [1.165, 1.54) is 6.92 Å². The van der Waals surface area contributed by atoms with Crippen LogP contribution in [-0.2, 0) is 33.6 Å². The van der Waals surface area contributed by atoms with Crippen LogP contribution in [0, 0.1) is 25.2 Å². The molecule has 0 saturated carbocycles. The molecule has 1 fully saturated rings. The van der Waals surface area contributed by atoms with Gasteiger partial charge in [0.05, 0.1) is 31.7 Å². The zero-order valence-corrected chi connectivity index (χ0v) is 29.6. The number of nitrogens with one attached hydrogen (secondary N) is 1. The number of hydrogen-bond acceptors (Lipinski definition) is 12. The summed E-state index contributed by atoms with van der Waals surface area (Å²) in [7, 11) is 5.23. The van der Waals surface area contributed by atoms with E-state index < -0.39 is 18.1 Å². The number of carbonyl (C=O) groups is 2. The molecular weight excluding hydrogens is 656 g/mol. The number of aryl methyl sites for hydroxylation is 1. The van der Waals surface area contributed by atoms with Crippen molar-refractivity contribution in [2.24, 2.45) is 0 Å². The van der Waals surface area contributed by atoms with E-state index in [0.29, 0.717) is 58.3 Å². The molecule has 268 valence electrons. The molecule has 5 atom stereocenters. The summed E-state index contributed by atoms with van der Waals surface area (Å²) in [5.41, 5.74) is 5.70. The average Bonchev–Trinajstić information content (AvgIpc) is 3.59. The molecule has 0 aliphatic carbocycles. The lowest BCUT2D eigenvalue weighted by molar-refractivity contribution is -0.132. The van der Waals surface area contributed by atoms with Gasteiger partial charge >= 0.3 is 5.97 Å². The molecule has 7 rings (SSSR count). The molecule has 2 bridgehead atoms. The second kappa shape index (κ2) is 13.6. The lowest BCUT2D eigenvalue weighted by Gasteiger charge is -2.60. The molecular formula is C38H42N4O9. The summed E-state index contributed by atoms with van der Waals surface area (Å²) in [4.78, 5) is 29.3. The molecule has 0 aromatic heterocycles. The molecule has 4 aliphatic rings. The van der Waals surface area contributed by atoms with Crippen LogP contribution in [0.15, 0.2) is 30.3 Å². The Balaban J connectivity index is 1.31. The molecule has 1 unspecified atom stereocenters. The summed E-state index contributed by atoms with van der Waals surface area (Å²) in [6, 6.07) is 9.65. The smallest absolute Gasteiger partial charge is 0.308 e. The minimum atomic E-state index is -0.569. The normalized spacial score (nSPS) is 23.0. The van der Waals surface area contributed by atoms with Crippen LogP contribution in [0.3, 0.4) is 0 Å². The fraction of sp³-hybridized carbons (Fsp3) is 0.447. The van der Waals surface area contributed by atoms with Gasteiger partial charge in [-0.15, -0.1) is 0 Å². The van der Waals surface area contributed by atoms with Crippen molar-refractivity contribution in [3.63, 3.8) is 0 Å². The third-order valence-electron chi connectivity index (χ3n) is 10.6. The highest BCUT2D eigenvalue weighted by Gasteiger charge is 2.56. The van der Waals surface area contributed by atoms with E-state index in [0.717, 1.165) is 22.3 Å². The number of phenols is 1. The number of likely N-dealkylation sites (N-methyl/N-ethyl adjacent to an activating group) is 1. The van der Waals surface area contributed by atoms with Gasteiger partial charge in [-0.05, 0) is 62.6 Å². The molecule has 13 heteroatoms. The van der Waals surface area contributed by atoms with Crippen molar-refractivity contribution in [3.05, 3.63) is 69.3 Å². The van der Waals surface area contributed by atoms with E-state index in [1.54, 1.807) is 45.4 Å². The van der Waals surface area contributed by atoms with Crippen LogP contribution >= 0.6 is 0 Å². The largest absolute Gasteiger partial charge is 0.507 e. The number of piperazine rings is 1. The Morgan fingerprint density at radius 2 is 1.80 bits per heavy atom. The quantitative estimate of drug-likeness (QED) is 0.190. The molecule has 4 heterocycles. The molecule has 3 aromatic rings. The fourth-order valence-electron chi connectivity index (χ4n) is 8.58. The predicted octanol–water partition coefficient (Wildman–Crippen LogP) is 3.78. The van der Waals surface area contributed by atoms with Crippen molar-refractivity contribution in [1.82, 2.24) is 15.1 Å². The number of rotatable bonds is 9.